The SMILES string of the molecule is CC[C@H](CC(=O)O)c1ccc(N(CC)C2CCOCC2)c(NC(=O)Nc2ccc(Cl)nc2)c1. The van der Waals surface area contributed by atoms with Crippen molar-refractivity contribution in [3.05, 3.63) is 47.2 Å². The second-order valence-corrected chi connectivity index (χ2v) is 8.45. The smallest absolute Gasteiger partial charge is 0.323 e. The number of hydrogen-bond donors (Lipinski definition) is 3. The Kier molecular flexibility index (Phi) is 8.91. The molecule has 33 heavy (non-hydrogen) atoms. The highest BCUT2D eigenvalue weighted by molar-refractivity contribution is 6.29. The molecule has 178 valence electrons. The van der Waals surface area contributed by atoms with Gasteiger partial charge in [-0.1, -0.05) is 24.6 Å². The van der Waals surface area contributed by atoms with Crippen LogP contribution >= 0.6 is 11.6 Å². The minimum Gasteiger partial charge on any atom is -0.481 e. The third-order valence-corrected chi connectivity index (χ3v) is 6.14. The molecule has 3 rings (SSSR count). The van der Waals surface area contributed by atoms with Crippen molar-refractivity contribution in [2.24, 2.45) is 0 Å². The number of amides is 2. The van der Waals surface area contributed by atoms with E-state index in [-0.39, 0.29) is 12.3 Å². The predicted octanol–water partition coefficient (Wildman–Crippen LogP) is 5.35. The van der Waals surface area contributed by atoms with Crippen molar-refractivity contribution in [3.63, 3.8) is 0 Å². The number of nitrogens with one attached hydrogen (secondary N) is 2. The summed E-state index contributed by atoms with van der Waals surface area (Å²) in [5.74, 6) is -0.982. The van der Waals surface area contributed by atoms with Crippen LogP contribution < -0.4 is 15.5 Å². The predicted molar refractivity (Wildman–Crippen MR) is 130 cm³/mol. The van der Waals surface area contributed by atoms with Gasteiger partial charge in [-0.25, -0.2) is 9.78 Å². The average Bonchev–Trinajstić information content (AvgIpc) is 2.81. The maximum atomic E-state index is 12.8. The van der Waals surface area contributed by atoms with Gasteiger partial charge in [0, 0.05) is 25.8 Å². The van der Waals surface area contributed by atoms with Gasteiger partial charge in [-0.3, -0.25) is 4.79 Å². The maximum Gasteiger partial charge on any atom is 0.323 e. The molecule has 2 heterocycles. The van der Waals surface area contributed by atoms with Crippen LogP contribution in [0.15, 0.2) is 36.5 Å². The summed E-state index contributed by atoms with van der Waals surface area (Å²) in [5.41, 5.74) is 2.95. The molecule has 1 atom stereocenters. The third kappa shape index (κ3) is 6.82. The van der Waals surface area contributed by atoms with Crippen molar-refractivity contribution in [1.29, 1.82) is 0 Å². The van der Waals surface area contributed by atoms with Gasteiger partial charge >= 0.3 is 12.0 Å². The molecule has 9 heteroatoms. The molecule has 1 aliphatic rings. The Bertz CT molecular complexity index is 948. The molecule has 0 bridgehead atoms. The van der Waals surface area contributed by atoms with E-state index in [1.807, 2.05) is 25.1 Å². The van der Waals surface area contributed by atoms with Crippen LogP contribution in [-0.2, 0) is 9.53 Å². The van der Waals surface area contributed by atoms with Crippen molar-refractivity contribution in [3.8, 4) is 0 Å². The number of ether oxygens (including phenoxy) is 1. The molecule has 0 radical (unpaired) electrons. The van der Waals surface area contributed by atoms with Gasteiger partial charge in [-0.2, -0.15) is 0 Å². The fraction of sp³-hybridized carbons (Fsp3) is 0.458. The van der Waals surface area contributed by atoms with E-state index in [9.17, 15) is 14.7 Å². The standard InChI is InChI=1S/C24H31ClN4O4/c1-3-16(14-23(30)31)17-5-7-21(29(4-2)19-9-11-33-12-10-19)20(13-17)28-24(32)27-18-6-8-22(25)26-15-18/h5-8,13,15-16,19H,3-4,9-12,14H2,1-2H3,(H,30,31)(H2,27,28,32)/t16-/m1/s1. The second-order valence-electron chi connectivity index (χ2n) is 8.06. The van der Waals surface area contributed by atoms with Gasteiger partial charge in [0.25, 0.3) is 0 Å². The molecular weight excluding hydrogens is 444 g/mol. The van der Waals surface area contributed by atoms with Gasteiger partial charge in [0.2, 0.25) is 0 Å². The minimum absolute atomic E-state index is 0.0371. The molecule has 1 aliphatic heterocycles. The fourth-order valence-electron chi connectivity index (χ4n) is 4.22. The monoisotopic (exact) mass is 474 g/mol. The maximum absolute atomic E-state index is 12.8. The number of carbonyl (C=O) groups excluding carboxylic acids is 1. The molecule has 2 aromatic rings. The molecule has 0 aliphatic carbocycles. The zero-order chi connectivity index (χ0) is 23.8. The number of nitrogens with zero attached hydrogens (tertiary/aromatic N) is 2. The molecule has 0 unspecified atom stereocenters. The molecule has 1 saturated heterocycles. The number of hydrogen-bond acceptors (Lipinski definition) is 5. The number of pyridine rings is 1. The summed E-state index contributed by atoms with van der Waals surface area (Å²) in [6.45, 7) is 6.25. The van der Waals surface area contributed by atoms with Crippen molar-refractivity contribution in [1.82, 2.24) is 4.98 Å². The highest BCUT2D eigenvalue weighted by Gasteiger charge is 2.24. The lowest BCUT2D eigenvalue weighted by atomic mass is 9.92. The van der Waals surface area contributed by atoms with Crippen molar-refractivity contribution < 1.29 is 19.4 Å². The van der Waals surface area contributed by atoms with Gasteiger partial charge in [-0.15, -0.1) is 0 Å². The summed E-state index contributed by atoms with van der Waals surface area (Å²) in [6.07, 6.45) is 4.03. The molecule has 1 aromatic heterocycles. The first-order chi connectivity index (χ1) is 15.9. The Hall–Kier alpha value is -2.84. The van der Waals surface area contributed by atoms with E-state index < -0.39 is 12.0 Å². The van der Waals surface area contributed by atoms with Gasteiger partial charge in [0.05, 0.1) is 29.7 Å². The van der Waals surface area contributed by atoms with Crippen LogP contribution in [0.1, 0.15) is 51.0 Å². The van der Waals surface area contributed by atoms with E-state index in [2.05, 4.69) is 27.4 Å². The summed E-state index contributed by atoms with van der Waals surface area (Å²) in [7, 11) is 0. The minimum atomic E-state index is -0.842. The van der Waals surface area contributed by atoms with Crippen molar-refractivity contribution in [2.45, 2.75) is 51.5 Å². The number of urea groups is 1. The first-order valence-electron chi connectivity index (χ1n) is 11.3. The van der Waals surface area contributed by atoms with Crippen LogP contribution in [0.25, 0.3) is 0 Å². The topological polar surface area (TPSA) is 104 Å². The van der Waals surface area contributed by atoms with Gasteiger partial charge in [-0.05, 0) is 61.9 Å². The van der Waals surface area contributed by atoms with Crippen LogP contribution in [0.4, 0.5) is 21.9 Å². The molecule has 0 saturated carbocycles. The first-order valence-corrected chi connectivity index (χ1v) is 11.7. The summed E-state index contributed by atoms with van der Waals surface area (Å²) < 4.78 is 5.52. The van der Waals surface area contributed by atoms with Crippen LogP contribution in [0, 0.1) is 0 Å². The molecule has 8 nitrogen and oxygen atoms in total. The average molecular weight is 475 g/mol. The lowest BCUT2D eigenvalue weighted by Crippen LogP contribution is -2.40. The van der Waals surface area contributed by atoms with Crippen molar-refractivity contribution >= 4 is 40.7 Å². The number of carboxylic acids is 1. The van der Waals surface area contributed by atoms with Gasteiger partial charge in [0.15, 0.2) is 0 Å². The second kappa shape index (κ2) is 11.9. The number of halogens is 1. The quantitative estimate of drug-likeness (QED) is 0.423. The Morgan fingerprint density at radius 1 is 1.21 bits per heavy atom. The Labute approximate surface area is 199 Å². The normalized spacial score (nSPS) is 15.0. The van der Waals surface area contributed by atoms with E-state index in [1.165, 1.54) is 6.20 Å². The third-order valence-electron chi connectivity index (χ3n) is 5.92. The Morgan fingerprint density at radius 3 is 2.58 bits per heavy atom. The summed E-state index contributed by atoms with van der Waals surface area (Å²) in [4.78, 5) is 30.4. The number of aliphatic carboxylic acids is 1. The van der Waals surface area contributed by atoms with Crippen LogP contribution in [0.2, 0.25) is 5.15 Å². The van der Waals surface area contributed by atoms with E-state index >= 15 is 0 Å². The lowest BCUT2D eigenvalue weighted by Gasteiger charge is -2.36. The zero-order valence-corrected chi connectivity index (χ0v) is 19.8. The summed E-state index contributed by atoms with van der Waals surface area (Å²) in [6, 6.07) is 9.02. The fourth-order valence-corrected chi connectivity index (χ4v) is 4.34. The molecule has 1 fully saturated rings. The summed E-state index contributed by atoms with van der Waals surface area (Å²) in [5, 5.41) is 15.4. The van der Waals surface area contributed by atoms with Crippen LogP contribution in [0.5, 0.6) is 0 Å². The molecular formula is C24H31ClN4O4. The van der Waals surface area contributed by atoms with Crippen molar-refractivity contribution in [2.75, 3.05) is 35.3 Å². The van der Waals surface area contributed by atoms with Gasteiger partial charge in [0.1, 0.15) is 5.15 Å². The molecule has 3 N–H and O–H groups in total. The van der Waals surface area contributed by atoms with Gasteiger partial charge < -0.3 is 25.4 Å². The summed E-state index contributed by atoms with van der Waals surface area (Å²) >= 11 is 5.82. The number of rotatable bonds is 9. The van der Waals surface area contributed by atoms with Crippen LogP contribution in [0.3, 0.4) is 0 Å². The zero-order valence-electron chi connectivity index (χ0n) is 19.0. The number of benzene rings is 1. The molecule has 0 spiro atoms. The number of aromatic nitrogens is 1. The Morgan fingerprint density at radius 2 is 1.97 bits per heavy atom. The molecule has 2 amide bonds. The van der Waals surface area contributed by atoms with E-state index in [4.69, 9.17) is 16.3 Å². The highest BCUT2D eigenvalue weighted by atomic mass is 35.5. The number of anilines is 3. The number of carbonyl (C=O) groups is 2. The lowest BCUT2D eigenvalue weighted by molar-refractivity contribution is -0.137. The number of carboxylic acid groups (broad SMARTS) is 1. The van der Waals surface area contributed by atoms with Crippen LogP contribution in [-0.4, -0.2) is 47.9 Å². The Balaban J connectivity index is 1.91. The van der Waals surface area contributed by atoms with E-state index in [1.54, 1.807) is 12.1 Å². The first kappa shape index (κ1) is 24.8. The highest BCUT2D eigenvalue weighted by Crippen LogP contribution is 2.35. The van der Waals surface area contributed by atoms with E-state index in [0.29, 0.717) is 42.2 Å². The largest absolute Gasteiger partial charge is 0.481 e. The van der Waals surface area contributed by atoms with E-state index in [0.717, 1.165) is 30.6 Å². The molecule has 1 aromatic carbocycles.